The van der Waals surface area contributed by atoms with E-state index in [4.69, 9.17) is 47.6 Å². The molecule has 2 heterocycles. The van der Waals surface area contributed by atoms with Crippen molar-refractivity contribution in [1.82, 2.24) is 5.32 Å². The fraction of sp³-hybridized carbons (Fsp3) is 1.00. The van der Waals surface area contributed by atoms with Gasteiger partial charge in [0.15, 0.2) is 12.6 Å². The molecule has 4 aliphatic rings. The molecule has 4 rings (SSSR count). The summed E-state index contributed by atoms with van der Waals surface area (Å²) in [7, 11) is 0. The third-order valence-electron chi connectivity index (χ3n) is 9.60. The molecular formula is C27H54N6O11. The fourth-order valence-electron chi connectivity index (χ4n) is 6.68. The second kappa shape index (κ2) is 15.9. The van der Waals surface area contributed by atoms with Crippen molar-refractivity contribution in [1.29, 1.82) is 0 Å². The molecule has 17 nitrogen and oxygen atoms in total. The highest BCUT2D eigenvalue weighted by molar-refractivity contribution is 5.00. The predicted octanol–water partition coefficient (Wildman–Crippen LogP) is -6.57. The van der Waals surface area contributed by atoms with Gasteiger partial charge < -0.3 is 88.7 Å². The molecule has 44 heavy (non-hydrogen) atoms. The molecule has 0 radical (unpaired) electrons. The van der Waals surface area contributed by atoms with Crippen molar-refractivity contribution in [2.45, 2.75) is 130 Å². The molecule has 2 aliphatic carbocycles. The van der Waals surface area contributed by atoms with Crippen LogP contribution in [-0.2, 0) is 18.9 Å². The first-order valence-electron chi connectivity index (χ1n) is 15.6. The molecule has 0 spiro atoms. The first-order chi connectivity index (χ1) is 20.9. The summed E-state index contributed by atoms with van der Waals surface area (Å²) in [5.41, 5.74) is 30.0. The summed E-state index contributed by atoms with van der Waals surface area (Å²) >= 11 is 0. The number of aliphatic hydroxyl groups excluding tert-OH is 7. The summed E-state index contributed by atoms with van der Waals surface area (Å²) in [4.78, 5) is 0. The molecule has 18 N–H and O–H groups in total. The summed E-state index contributed by atoms with van der Waals surface area (Å²) < 4.78 is 23.8. The molecule has 0 aromatic heterocycles. The van der Waals surface area contributed by atoms with E-state index in [1.165, 1.54) is 0 Å². The van der Waals surface area contributed by atoms with Crippen LogP contribution >= 0.6 is 0 Å². The third kappa shape index (κ3) is 8.23. The molecule has 17 heteroatoms. The van der Waals surface area contributed by atoms with Crippen LogP contribution in [0.25, 0.3) is 0 Å². The Bertz CT molecular complexity index is 878. The Labute approximate surface area is 256 Å². The number of nitrogens with one attached hydrogen (secondary N) is 1. The zero-order chi connectivity index (χ0) is 32.3. The predicted molar refractivity (Wildman–Crippen MR) is 154 cm³/mol. The van der Waals surface area contributed by atoms with Crippen LogP contribution in [0.2, 0.25) is 0 Å². The maximum absolute atomic E-state index is 11.6. The average molecular weight is 639 g/mol. The van der Waals surface area contributed by atoms with Crippen molar-refractivity contribution >= 4 is 0 Å². The first kappa shape index (κ1) is 36.2. The number of rotatable bonds is 13. The van der Waals surface area contributed by atoms with Crippen molar-refractivity contribution < 1.29 is 54.7 Å². The minimum Gasteiger partial charge on any atom is -0.394 e. The van der Waals surface area contributed by atoms with E-state index in [0.717, 1.165) is 12.8 Å². The Kier molecular flexibility index (Phi) is 13.1. The van der Waals surface area contributed by atoms with Crippen molar-refractivity contribution in [3.8, 4) is 0 Å². The molecule has 2 aliphatic heterocycles. The van der Waals surface area contributed by atoms with Gasteiger partial charge in [0.05, 0.1) is 30.9 Å². The second-order valence-electron chi connectivity index (χ2n) is 13.0. The molecule has 0 aromatic rings. The van der Waals surface area contributed by atoms with Crippen molar-refractivity contribution in [2.75, 3.05) is 26.2 Å². The molecule has 0 bridgehead atoms. The lowest BCUT2D eigenvalue weighted by atomic mass is 9.77. The van der Waals surface area contributed by atoms with Gasteiger partial charge in [-0.15, -0.1) is 0 Å². The van der Waals surface area contributed by atoms with E-state index in [9.17, 15) is 35.7 Å². The van der Waals surface area contributed by atoms with Crippen molar-refractivity contribution in [3.63, 3.8) is 0 Å². The van der Waals surface area contributed by atoms with Gasteiger partial charge in [-0.05, 0) is 50.5 Å². The van der Waals surface area contributed by atoms with E-state index in [1.807, 2.05) is 0 Å². The smallest absolute Gasteiger partial charge is 0.186 e. The van der Waals surface area contributed by atoms with Crippen LogP contribution in [0.15, 0.2) is 0 Å². The SMILES string of the molecule is NCC(O)CC[C@@H]1C[C@H](N)C(O[C@H]2O[C@H](CNCC3CC(N)C3)[C@@H](O)[C@H](O)[C@H]2N)[C@H](O)[C@H]1O[C@H]1O[C@H](CO)[C@@H](O)[C@H](N)[C@H]1O. The van der Waals surface area contributed by atoms with Crippen molar-refractivity contribution in [3.05, 3.63) is 0 Å². The zero-order valence-corrected chi connectivity index (χ0v) is 24.9. The summed E-state index contributed by atoms with van der Waals surface area (Å²) in [6, 6.07) is -2.94. The Hall–Kier alpha value is -0.680. The summed E-state index contributed by atoms with van der Waals surface area (Å²) in [6.07, 6.45) is -12.0. The van der Waals surface area contributed by atoms with Crippen molar-refractivity contribution in [2.24, 2.45) is 40.5 Å². The lowest BCUT2D eigenvalue weighted by molar-refractivity contribution is -0.324. The zero-order valence-electron chi connectivity index (χ0n) is 24.9. The maximum atomic E-state index is 11.6. The monoisotopic (exact) mass is 638 g/mol. The Balaban J connectivity index is 1.46. The van der Waals surface area contributed by atoms with E-state index >= 15 is 0 Å². The van der Waals surface area contributed by atoms with Gasteiger partial charge in [-0.25, -0.2) is 0 Å². The van der Waals surface area contributed by atoms with Gasteiger partial charge >= 0.3 is 0 Å². The number of ether oxygens (including phenoxy) is 4. The standard InChI is InChI=1S/C27H54N6O11/c28-6-13(35)2-1-11-5-14(30)25(23(40)24(11)43-27-22(39)17(31)19(36)16(9-34)42-27)44-26-18(32)21(38)20(37)15(41-26)8-33-7-10-3-12(29)4-10/h10-27,33-40H,1-9,28-32H2/t10?,11-,12?,13?,14+,15-,16-,17+,18-,19-,20-,21-,22-,23-,24+,25?,26-,27-/m1/s1. The summed E-state index contributed by atoms with van der Waals surface area (Å²) in [6.45, 7) is 0.324. The van der Waals surface area contributed by atoms with E-state index in [1.54, 1.807) is 0 Å². The molecule has 2 unspecified atom stereocenters. The van der Waals surface area contributed by atoms with Crippen LogP contribution in [0.3, 0.4) is 0 Å². The number of aliphatic hydroxyl groups is 7. The highest BCUT2D eigenvalue weighted by atomic mass is 16.7. The number of hydrogen-bond acceptors (Lipinski definition) is 17. The molecule has 16 atom stereocenters. The second-order valence-corrected chi connectivity index (χ2v) is 13.0. The number of nitrogens with two attached hydrogens (primary N) is 5. The van der Waals surface area contributed by atoms with Crippen LogP contribution < -0.4 is 34.0 Å². The largest absolute Gasteiger partial charge is 0.394 e. The average Bonchev–Trinajstić information content (AvgIpc) is 2.99. The normalized spacial score (nSPS) is 49.0. The molecule has 0 amide bonds. The topological polar surface area (TPSA) is 321 Å². The van der Waals surface area contributed by atoms with Gasteiger partial charge in [0.2, 0.25) is 0 Å². The van der Waals surface area contributed by atoms with Crippen LogP contribution in [0.4, 0.5) is 0 Å². The quantitative estimate of drug-likeness (QED) is 0.0891. The highest BCUT2D eigenvalue weighted by Crippen LogP contribution is 2.36. The first-order valence-corrected chi connectivity index (χ1v) is 15.6. The summed E-state index contributed by atoms with van der Waals surface area (Å²) in [5.74, 6) is -0.0363. The minimum atomic E-state index is -1.50. The van der Waals surface area contributed by atoms with Crippen LogP contribution in [0.1, 0.15) is 32.1 Å². The van der Waals surface area contributed by atoms with Gasteiger partial charge in [-0.1, -0.05) is 0 Å². The Morgan fingerprint density at radius 2 is 1.41 bits per heavy atom. The van der Waals surface area contributed by atoms with Gasteiger partial charge in [-0.2, -0.15) is 0 Å². The lowest BCUT2D eigenvalue weighted by Crippen LogP contribution is -2.67. The van der Waals surface area contributed by atoms with Gasteiger partial charge in [0, 0.05) is 25.2 Å². The van der Waals surface area contributed by atoms with E-state index in [-0.39, 0.29) is 32.0 Å². The minimum absolute atomic E-state index is 0.0310. The number of hydrogen-bond donors (Lipinski definition) is 13. The molecule has 4 fully saturated rings. The highest BCUT2D eigenvalue weighted by Gasteiger charge is 2.52. The van der Waals surface area contributed by atoms with Gasteiger partial charge in [0.25, 0.3) is 0 Å². The van der Waals surface area contributed by atoms with Gasteiger partial charge in [0.1, 0.15) is 48.8 Å². The molecule has 2 saturated carbocycles. The lowest BCUT2D eigenvalue weighted by Gasteiger charge is -2.49. The fourth-order valence-corrected chi connectivity index (χ4v) is 6.68. The Morgan fingerprint density at radius 3 is 2.05 bits per heavy atom. The van der Waals surface area contributed by atoms with Crippen LogP contribution in [0.5, 0.6) is 0 Å². The van der Waals surface area contributed by atoms with E-state index in [0.29, 0.717) is 18.9 Å². The van der Waals surface area contributed by atoms with Crippen LogP contribution in [-0.4, -0.2) is 160 Å². The molecule has 0 aromatic carbocycles. The van der Waals surface area contributed by atoms with Crippen LogP contribution in [0, 0.1) is 11.8 Å². The maximum Gasteiger partial charge on any atom is 0.186 e. The summed E-state index contributed by atoms with van der Waals surface area (Å²) in [5, 5.41) is 76.8. The Morgan fingerprint density at radius 1 is 0.750 bits per heavy atom. The third-order valence-corrected chi connectivity index (χ3v) is 9.60. The van der Waals surface area contributed by atoms with E-state index < -0.39 is 104 Å². The molecule has 2 saturated heterocycles. The molecule has 258 valence electrons. The molecular weight excluding hydrogens is 584 g/mol. The van der Waals surface area contributed by atoms with E-state index in [2.05, 4.69) is 5.32 Å². The van der Waals surface area contributed by atoms with Gasteiger partial charge in [-0.3, -0.25) is 0 Å².